The number of aryl methyl sites for hydroxylation is 2. The van der Waals surface area contributed by atoms with E-state index in [1.165, 1.54) is 0 Å². The number of nitrogens with zero attached hydrogens (tertiary/aromatic N) is 1. The Kier molecular flexibility index (Phi) is 9.37. The third-order valence-electron chi connectivity index (χ3n) is 4.63. The molecular formula is C25H30N2O4S. The maximum Gasteiger partial charge on any atom is 0.251 e. The van der Waals surface area contributed by atoms with E-state index in [1.807, 2.05) is 44.2 Å². The third kappa shape index (κ3) is 7.57. The molecule has 0 aliphatic heterocycles. The van der Waals surface area contributed by atoms with Gasteiger partial charge < -0.3 is 19.5 Å². The molecule has 3 aromatic rings. The predicted molar refractivity (Wildman–Crippen MR) is 127 cm³/mol. The molecule has 32 heavy (non-hydrogen) atoms. The first-order valence-electron chi connectivity index (χ1n) is 10.9. The number of thiazole rings is 1. The number of amides is 1. The molecule has 0 aliphatic carbocycles. The first kappa shape index (κ1) is 23.6. The fourth-order valence-electron chi connectivity index (χ4n) is 3.09. The second-order valence-electron chi connectivity index (χ2n) is 7.20. The fourth-order valence-corrected chi connectivity index (χ4v) is 3.91. The minimum absolute atomic E-state index is 0.116. The maximum absolute atomic E-state index is 12.5. The van der Waals surface area contributed by atoms with E-state index in [9.17, 15) is 4.79 Å². The van der Waals surface area contributed by atoms with Crippen LogP contribution in [-0.2, 0) is 6.42 Å². The lowest BCUT2D eigenvalue weighted by Crippen LogP contribution is -2.24. The van der Waals surface area contributed by atoms with E-state index in [4.69, 9.17) is 14.2 Å². The van der Waals surface area contributed by atoms with Crippen molar-refractivity contribution in [2.45, 2.75) is 33.1 Å². The highest BCUT2D eigenvalue weighted by atomic mass is 32.1. The van der Waals surface area contributed by atoms with E-state index in [0.29, 0.717) is 43.4 Å². The van der Waals surface area contributed by atoms with Crippen LogP contribution in [0.4, 0.5) is 0 Å². The molecule has 170 valence electrons. The van der Waals surface area contributed by atoms with Gasteiger partial charge in [0.25, 0.3) is 5.91 Å². The molecular weight excluding hydrogens is 424 g/mol. The van der Waals surface area contributed by atoms with Crippen LogP contribution in [0.25, 0.3) is 0 Å². The average Bonchev–Trinajstić information content (AvgIpc) is 3.23. The number of aromatic nitrogens is 1. The van der Waals surface area contributed by atoms with Crippen LogP contribution >= 0.6 is 11.3 Å². The summed E-state index contributed by atoms with van der Waals surface area (Å²) >= 11 is 1.69. The van der Waals surface area contributed by atoms with Crippen molar-refractivity contribution in [2.75, 3.05) is 26.4 Å². The molecule has 1 amide bonds. The van der Waals surface area contributed by atoms with Crippen molar-refractivity contribution in [3.63, 3.8) is 0 Å². The summed E-state index contributed by atoms with van der Waals surface area (Å²) in [6.45, 7) is 5.81. The molecule has 0 spiro atoms. The van der Waals surface area contributed by atoms with E-state index in [-0.39, 0.29) is 5.91 Å². The first-order valence-corrected chi connectivity index (χ1v) is 11.8. The predicted octanol–water partition coefficient (Wildman–Crippen LogP) is 5.06. The molecule has 3 rings (SSSR count). The summed E-state index contributed by atoms with van der Waals surface area (Å²) in [5.74, 6) is 1.84. The van der Waals surface area contributed by atoms with Crippen molar-refractivity contribution in [2.24, 2.45) is 0 Å². The standard InChI is InChI=1S/C25H30N2O4S/c1-3-29-23-17-20(25(28)26-14-8-7-11-24-27-19(2)18-32-24)12-13-22(23)31-16-15-30-21-9-5-4-6-10-21/h4-6,9-10,12-13,17-18H,3,7-8,11,14-16H2,1-2H3,(H,26,28). The van der Waals surface area contributed by atoms with Gasteiger partial charge in [-0.3, -0.25) is 4.79 Å². The van der Waals surface area contributed by atoms with Crippen molar-refractivity contribution in [3.05, 3.63) is 70.2 Å². The summed E-state index contributed by atoms with van der Waals surface area (Å²) in [5, 5.41) is 6.20. The Labute approximate surface area is 193 Å². The quantitative estimate of drug-likeness (QED) is 0.366. The Balaban J connectivity index is 1.44. The Hall–Kier alpha value is -3.06. The molecule has 0 saturated carbocycles. The number of ether oxygens (including phenoxy) is 3. The van der Waals surface area contributed by atoms with Gasteiger partial charge in [-0.15, -0.1) is 11.3 Å². The number of hydrogen-bond donors (Lipinski definition) is 1. The molecule has 1 aromatic heterocycles. The summed E-state index contributed by atoms with van der Waals surface area (Å²) in [6.07, 6.45) is 2.85. The van der Waals surface area contributed by atoms with Crippen molar-refractivity contribution in [1.82, 2.24) is 10.3 Å². The number of carbonyl (C=O) groups is 1. The van der Waals surface area contributed by atoms with Gasteiger partial charge in [-0.1, -0.05) is 18.2 Å². The van der Waals surface area contributed by atoms with Gasteiger partial charge >= 0.3 is 0 Å². The molecule has 1 N–H and O–H groups in total. The molecule has 0 fully saturated rings. The zero-order valence-electron chi connectivity index (χ0n) is 18.6. The monoisotopic (exact) mass is 454 g/mol. The van der Waals surface area contributed by atoms with Crippen molar-refractivity contribution < 1.29 is 19.0 Å². The first-order chi connectivity index (χ1) is 15.7. The molecule has 0 bridgehead atoms. The van der Waals surface area contributed by atoms with Crippen molar-refractivity contribution in [1.29, 1.82) is 0 Å². The van der Waals surface area contributed by atoms with Crippen LogP contribution < -0.4 is 19.5 Å². The molecule has 2 aromatic carbocycles. The van der Waals surface area contributed by atoms with Crippen molar-refractivity contribution in [3.8, 4) is 17.2 Å². The Bertz CT molecular complexity index is 975. The van der Waals surface area contributed by atoms with Crippen LogP contribution in [0.2, 0.25) is 0 Å². The molecule has 0 atom stereocenters. The van der Waals surface area contributed by atoms with Crippen LogP contribution in [0.15, 0.2) is 53.9 Å². The number of para-hydroxylation sites is 1. The molecule has 0 aliphatic rings. The normalized spacial score (nSPS) is 10.6. The summed E-state index contributed by atoms with van der Waals surface area (Å²) in [4.78, 5) is 17.0. The van der Waals surface area contributed by atoms with E-state index in [0.717, 1.165) is 35.7 Å². The number of benzene rings is 2. The lowest BCUT2D eigenvalue weighted by molar-refractivity contribution is 0.0952. The van der Waals surface area contributed by atoms with Gasteiger partial charge in [-0.2, -0.15) is 0 Å². The van der Waals surface area contributed by atoms with Gasteiger partial charge in [0.2, 0.25) is 0 Å². The summed E-state index contributed by atoms with van der Waals surface area (Å²) in [5.41, 5.74) is 1.62. The van der Waals surface area contributed by atoms with E-state index < -0.39 is 0 Å². The van der Waals surface area contributed by atoms with Gasteiger partial charge in [0.05, 0.1) is 11.6 Å². The molecule has 7 heteroatoms. The lowest BCUT2D eigenvalue weighted by atomic mass is 10.1. The van der Waals surface area contributed by atoms with Gasteiger partial charge in [-0.25, -0.2) is 4.98 Å². The van der Waals surface area contributed by atoms with Gasteiger partial charge in [0.1, 0.15) is 19.0 Å². The molecule has 6 nitrogen and oxygen atoms in total. The highest BCUT2D eigenvalue weighted by Gasteiger charge is 2.12. The fraction of sp³-hybridized carbons (Fsp3) is 0.360. The number of unbranched alkanes of at least 4 members (excludes halogenated alkanes) is 1. The summed E-state index contributed by atoms with van der Waals surface area (Å²) in [6, 6.07) is 14.8. The highest BCUT2D eigenvalue weighted by molar-refractivity contribution is 7.09. The van der Waals surface area contributed by atoms with E-state index in [2.05, 4.69) is 15.7 Å². The minimum Gasteiger partial charge on any atom is -0.490 e. The summed E-state index contributed by atoms with van der Waals surface area (Å²) in [7, 11) is 0. The highest BCUT2D eigenvalue weighted by Crippen LogP contribution is 2.28. The second-order valence-corrected chi connectivity index (χ2v) is 8.14. The number of rotatable bonds is 13. The van der Waals surface area contributed by atoms with Crippen LogP contribution in [0.5, 0.6) is 17.2 Å². The van der Waals surface area contributed by atoms with Crippen LogP contribution in [0.3, 0.4) is 0 Å². The SMILES string of the molecule is CCOc1cc(C(=O)NCCCCc2nc(C)cs2)ccc1OCCOc1ccccc1. The molecule has 0 radical (unpaired) electrons. The molecule has 1 heterocycles. The maximum atomic E-state index is 12.5. The Morgan fingerprint density at radius 3 is 2.56 bits per heavy atom. The third-order valence-corrected chi connectivity index (χ3v) is 5.65. The zero-order valence-corrected chi connectivity index (χ0v) is 19.5. The lowest BCUT2D eigenvalue weighted by Gasteiger charge is -2.14. The molecule has 0 saturated heterocycles. The zero-order chi connectivity index (χ0) is 22.6. The Morgan fingerprint density at radius 1 is 1.00 bits per heavy atom. The number of carbonyl (C=O) groups excluding carboxylic acids is 1. The number of nitrogens with one attached hydrogen (secondary N) is 1. The van der Waals surface area contributed by atoms with E-state index >= 15 is 0 Å². The van der Waals surface area contributed by atoms with Gasteiger partial charge in [0, 0.05) is 23.2 Å². The van der Waals surface area contributed by atoms with E-state index in [1.54, 1.807) is 29.5 Å². The second kappa shape index (κ2) is 12.7. The van der Waals surface area contributed by atoms with Crippen LogP contribution in [0, 0.1) is 6.92 Å². The van der Waals surface area contributed by atoms with Crippen LogP contribution in [0.1, 0.15) is 40.8 Å². The minimum atomic E-state index is -0.116. The topological polar surface area (TPSA) is 69.7 Å². The largest absolute Gasteiger partial charge is 0.490 e. The average molecular weight is 455 g/mol. The van der Waals surface area contributed by atoms with Crippen LogP contribution in [-0.4, -0.2) is 37.3 Å². The Morgan fingerprint density at radius 2 is 1.81 bits per heavy atom. The van der Waals surface area contributed by atoms with Crippen molar-refractivity contribution >= 4 is 17.2 Å². The summed E-state index contributed by atoms with van der Waals surface area (Å²) < 4.78 is 17.2. The van der Waals surface area contributed by atoms with Gasteiger partial charge in [0.15, 0.2) is 11.5 Å². The smallest absolute Gasteiger partial charge is 0.251 e. The van der Waals surface area contributed by atoms with Gasteiger partial charge in [-0.05, 0) is 63.4 Å². The molecule has 0 unspecified atom stereocenters. The number of hydrogen-bond acceptors (Lipinski definition) is 6.